The summed E-state index contributed by atoms with van der Waals surface area (Å²) in [5, 5.41) is 13.6. The Morgan fingerprint density at radius 2 is 1.78 bits per heavy atom. The van der Waals surface area contributed by atoms with E-state index in [0.717, 1.165) is 0 Å². The van der Waals surface area contributed by atoms with Crippen LogP contribution in [0.25, 0.3) is 0 Å². The highest BCUT2D eigenvalue weighted by molar-refractivity contribution is 6.37. The second-order valence-corrected chi connectivity index (χ2v) is 6.10. The van der Waals surface area contributed by atoms with E-state index in [2.05, 4.69) is 5.32 Å². The van der Waals surface area contributed by atoms with Crippen LogP contribution in [0.3, 0.4) is 0 Å². The van der Waals surface area contributed by atoms with Crippen molar-refractivity contribution >= 4 is 46.5 Å². The van der Waals surface area contributed by atoms with E-state index in [9.17, 15) is 19.7 Å². The molecule has 1 amide bonds. The smallest absolute Gasteiger partial charge is 0.339 e. The van der Waals surface area contributed by atoms with Crippen LogP contribution in [0, 0.1) is 10.1 Å². The van der Waals surface area contributed by atoms with Crippen LogP contribution in [0.2, 0.25) is 10.0 Å². The maximum atomic E-state index is 12.2. The van der Waals surface area contributed by atoms with Crippen LogP contribution < -0.4 is 10.1 Å². The number of carbonyl (C=O) groups is 2. The molecule has 8 nitrogen and oxygen atoms in total. The van der Waals surface area contributed by atoms with Crippen LogP contribution in [-0.2, 0) is 9.53 Å². The maximum absolute atomic E-state index is 12.2. The average Bonchev–Trinajstić information content (AvgIpc) is 2.61. The standard InChI is InChI=1S/C17H14Cl2N2O6/c1-9(16(22)20-13-5-3-4-6-14(13)21(24)25)27-17(23)10-7-11(18)15(26-2)12(19)8-10/h3-9H,1-2H3,(H,20,22)/t9-/m1/s1. The Labute approximate surface area is 164 Å². The van der Waals surface area contributed by atoms with Crippen molar-refractivity contribution in [3.05, 3.63) is 62.1 Å². The van der Waals surface area contributed by atoms with Crippen molar-refractivity contribution in [2.75, 3.05) is 12.4 Å². The Morgan fingerprint density at radius 3 is 2.33 bits per heavy atom. The number of hydrogen-bond acceptors (Lipinski definition) is 6. The third kappa shape index (κ3) is 4.87. The molecule has 1 N–H and O–H groups in total. The number of esters is 1. The third-order valence-corrected chi connectivity index (χ3v) is 4.01. The van der Waals surface area contributed by atoms with Gasteiger partial charge >= 0.3 is 5.97 Å². The number of methoxy groups -OCH3 is 1. The fraction of sp³-hybridized carbons (Fsp3) is 0.176. The summed E-state index contributed by atoms with van der Waals surface area (Å²) < 4.78 is 10.1. The quantitative estimate of drug-likeness (QED) is 0.434. The Morgan fingerprint density at radius 1 is 1.19 bits per heavy atom. The summed E-state index contributed by atoms with van der Waals surface area (Å²) >= 11 is 11.9. The second kappa shape index (κ2) is 8.70. The summed E-state index contributed by atoms with van der Waals surface area (Å²) in [6, 6.07) is 8.19. The summed E-state index contributed by atoms with van der Waals surface area (Å²) in [4.78, 5) is 34.8. The Hall–Kier alpha value is -2.84. The lowest BCUT2D eigenvalue weighted by Gasteiger charge is -2.14. The van der Waals surface area contributed by atoms with Crippen LogP contribution in [-0.4, -0.2) is 30.0 Å². The molecule has 0 unspecified atom stereocenters. The highest BCUT2D eigenvalue weighted by Crippen LogP contribution is 2.34. The highest BCUT2D eigenvalue weighted by Gasteiger charge is 2.23. The number of nitrogens with one attached hydrogen (secondary N) is 1. The number of nitro groups is 1. The Balaban J connectivity index is 2.11. The van der Waals surface area contributed by atoms with Gasteiger partial charge in [0.15, 0.2) is 11.9 Å². The summed E-state index contributed by atoms with van der Waals surface area (Å²) in [5.41, 5.74) is -0.264. The van der Waals surface area contributed by atoms with Crippen molar-refractivity contribution in [2.45, 2.75) is 13.0 Å². The van der Waals surface area contributed by atoms with Gasteiger partial charge in [0.25, 0.3) is 11.6 Å². The van der Waals surface area contributed by atoms with E-state index in [1.165, 1.54) is 50.4 Å². The fourth-order valence-electron chi connectivity index (χ4n) is 2.13. The van der Waals surface area contributed by atoms with Crippen molar-refractivity contribution in [2.24, 2.45) is 0 Å². The summed E-state index contributed by atoms with van der Waals surface area (Å²) in [6.45, 7) is 1.33. The van der Waals surface area contributed by atoms with Crippen LogP contribution in [0.5, 0.6) is 5.75 Å². The van der Waals surface area contributed by atoms with Gasteiger partial charge in [-0.15, -0.1) is 0 Å². The average molecular weight is 413 g/mol. The minimum atomic E-state index is -1.23. The number of hydrogen-bond donors (Lipinski definition) is 1. The van der Waals surface area contributed by atoms with Crippen molar-refractivity contribution in [3.63, 3.8) is 0 Å². The fourth-order valence-corrected chi connectivity index (χ4v) is 2.77. The van der Waals surface area contributed by atoms with Crippen molar-refractivity contribution in [1.29, 1.82) is 0 Å². The zero-order chi connectivity index (χ0) is 20.1. The first kappa shape index (κ1) is 20.5. The van der Waals surface area contributed by atoms with Gasteiger partial charge in [0.05, 0.1) is 27.6 Å². The molecule has 27 heavy (non-hydrogen) atoms. The minimum absolute atomic E-state index is 0.00839. The molecule has 0 fully saturated rings. The first-order valence-corrected chi connectivity index (χ1v) is 8.28. The number of anilines is 1. The molecule has 0 heterocycles. The molecule has 1 atom stereocenters. The van der Waals surface area contributed by atoms with Crippen molar-refractivity contribution < 1.29 is 24.0 Å². The third-order valence-electron chi connectivity index (χ3n) is 3.45. The molecule has 0 aliphatic heterocycles. The molecule has 0 radical (unpaired) electrons. The van der Waals surface area contributed by atoms with Crippen LogP contribution in [0.4, 0.5) is 11.4 Å². The van der Waals surface area contributed by atoms with Crippen LogP contribution in [0.1, 0.15) is 17.3 Å². The first-order chi connectivity index (χ1) is 12.7. The lowest BCUT2D eigenvalue weighted by molar-refractivity contribution is -0.383. The van der Waals surface area contributed by atoms with E-state index in [0.29, 0.717) is 0 Å². The van der Waals surface area contributed by atoms with Crippen LogP contribution in [0.15, 0.2) is 36.4 Å². The normalized spacial score (nSPS) is 11.4. The molecule has 0 aromatic heterocycles. The molecule has 2 rings (SSSR count). The largest absolute Gasteiger partial charge is 0.494 e. The van der Waals surface area contributed by atoms with Gasteiger partial charge in [-0.05, 0) is 25.1 Å². The number of carbonyl (C=O) groups excluding carboxylic acids is 2. The van der Waals surface area contributed by atoms with E-state index in [1.54, 1.807) is 0 Å². The van der Waals surface area contributed by atoms with Gasteiger partial charge in [-0.2, -0.15) is 0 Å². The molecule has 0 spiro atoms. The molecule has 0 aliphatic carbocycles. The number of nitrogens with zero attached hydrogens (tertiary/aromatic N) is 1. The number of ether oxygens (including phenoxy) is 2. The van der Waals surface area contributed by atoms with E-state index in [-0.39, 0.29) is 32.7 Å². The molecular weight excluding hydrogens is 399 g/mol. The van der Waals surface area contributed by atoms with Gasteiger partial charge in [0.2, 0.25) is 0 Å². The highest BCUT2D eigenvalue weighted by atomic mass is 35.5. The number of nitro benzene ring substituents is 1. The maximum Gasteiger partial charge on any atom is 0.339 e. The summed E-state index contributed by atoms with van der Waals surface area (Å²) in [6.07, 6.45) is -1.23. The molecule has 10 heteroatoms. The van der Waals surface area contributed by atoms with E-state index >= 15 is 0 Å². The molecule has 0 saturated heterocycles. The number of rotatable bonds is 6. The van der Waals surface area contributed by atoms with Gasteiger partial charge in [-0.3, -0.25) is 14.9 Å². The van der Waals surface area contributed by atoms with Crippen molar-refractivity contribution in [3.8, 4) is 5.75 Å². The lowest BCUT2D eigenvalue weighted by Crippen LogP contribution is -2.30. The Kier molecular flexibility index (Phi) is 6.59. The Bertz CT molecular complexity index is 880. The summed E-state index contributed by atoms with van der Waals surface area (Å²) in [7, 11) is 1.38. The van der Waals surface area contributed by atoms with Gasteiger partial charge in [-0.25, -0.2) is 4.79 Å². The number of benzene rings is 2. The van der Waals surface area contributed by atoms with Gasteiger partial charge in [0, 0.05) is 6.07 Å². The molecular formula is C17H14Cl2N2O6. The molecule has 0 aliphatic rings. The molecule has 0 saturated carbocycles. The van der Waals surface area contributed by atoms with Gasteiger partial charge in [0.1, 0.15) is 5.69 Å². The number of halogens is 2. The van der Waals surface area contributed by atoms with Gasteiger partial charge in [-0.1, -0.05) is 35.3 Å². The summed E-state index contributed by atoms with van der Waals surface area (Å²) in [5.74, 6) is -1.37. The molecule has 2 aromatic rings. The number of amides is 1. The zero-order valence-corrected chi connectivity index (χ0v) is 15.7. The van der Waals surface area contributed by atoms with E-state index in [1.807, 2.05) is 0 Å². The van der Waals surface area contributed by atoms with E-state index in [4.69, 9.17) is 32.7 Å². The topological polar surface area (TPSA) is 108 Å². The predicted molar refractivity (Wildman–Crippen MR) is 99.6 cm³/mol. The first-order valence-electron chi connectivity index (χ1n) is 7.53. The predicted octanol–water partition coefficient (Wildman–Crippen LogP) is 4.09. The minimum Gasteiger partial charge on any atom is -0.494 e. The molecule has 142 valence electrons. The monoisotopic (exact) mass is 412 g/mol. The lowest BCUT2D eigenvalue weighted by atomic mass is 10.2. The second-order valence-electron chi connectivity index (χ2n) is 5.28. The van der Waals surface area contributed by atoms with E-state index < -0.39 is 22.9 Å². The molecule has 0 bridgehead atoms. The zero-order valence-electron chi connectivity index (χ0n) is 14.2. The number of para-hydroxylation sites is 2. The SMILES string of the molecule is COc1c(Cl)cc(C(=O)O[C@H](C)C(=O)Nc2ccccc2[N+](=O)[O-])cc1Cl. The van der Waals surface area contributed by atoms with Gasteiger partial charge < -0.3 is 14.8 Å². The molecule has 2 aromatic carbocycles. The van der Waals surface area contributed by atoms with Crippen molar-refractivity contribution in [1.82, 2.24) is 0 Å². The van der Waals surface area contributed by atoms with Crippen LogP contribution >= 0.6 is 23.2 Å².